The summed E-state index contributed by atoms with van der Waals surface area (Å²) in [6, 6.07) is 12.6. The first-order valence-corrected chi connectivity index (χ1v) is 8.47. The van der Waals surface area contributed by atoms with Crippen molar-refractivity contribution in [3.63, 3.8) is 0 Å². The Balaban J connectivity index is 1.62. The van der Waals surface area contributed by atoms with Crippen LogP contribution >= 0.6 is 11.6 Å². The van der Waals surface area contributed by atoms with E-state index in [1.165, 1.54) is 17.7 Å². The standard InChI is InChI=1S/C19H16ClFN2O2/c1-11-2-4-12(5-3-11)18-22-19(25-23-18)14-8-9-24-17(14)13-6-7-15(20)16(21)10-13/h2-7,10,14,17H,8-9H2,1H3/t14-,17-/m0/s1. The molecule has 4 nitrogen and oxygen atoms in total. The van der Waals surface area contributed by atoms with E-state index in [0.717, 1.165) is 17.5 Å². The van der Waals surface area contributed by atoms with Gasteiger partial charge in [0.1, 0.15) is 5.82 Å². The summed E-state index contributed by atoms with van der Waals surface area (Å²) in [6.07, 6.45) is 0.419. The molecule has 128 valence electrons. The molecule has 25 heavy (non-hydrogen) atoms. The third kappa shape index (κ3) is 3.17. The summed E-state index contributed by atoms with van der Waals surface area (Å²) in [5.41, 5.74) is 2.79. The van der Waals surface area contributed by atoms with Gasteiger partial charge in [0.25, 0.3) is 0 Å². The second kappa shape index (κ2) is 6.58. The van der Waals surface area contributed by atoms with E-state index in [2.05, 4.69) is 10.1 Å². The Hall–Kier alpha value is -2.24. The maximum absolute atomic E-state index is 13.8. The molecule has 1 saturated heterocycles. The van der Waals surface area contributed by atoms with Crippen LogP contribution in [0, 0.1) is 12.7 Å². The van der Waals surface area contributed by atoms with Crippen molar-refractivity contribution in [2.75, 3.05) is 6.61 Å². The lowest BCUT2D eigenvalue weighted by molar-refractivity contribution is 0.0984. The lowest BCUT2D eigenvalue weighted by Crippen LogP contribution is -2.07. The SMILES string of the molecule is Cc1ccc(-c2noc([C@H]3CCO[C@H]3c3ccc(Cl)c(F)c3)n2)cc1. The summed E-state index contributed by atoms with van der Waals surface area (Å²) in [5.74, 6) is 0.489. The molecular formula is C19H16ClFN2O2. The first kappa shape index (κ1) is 16.2. The highest BCUT2D eigenvalue weighted by Gasteiger charge is 2.35. The highest BCUT2D eigenvalue weighted by atomic mass is 35.5. The van der Waals surface area contributed by atoms with Gasteiger partial charge in [0, 0.05) is 12.2 Å². The van der Waals surface area contributed by atoms with Gasteiger partial charge in [-0.05, 0) is 31.0 Å². The van der Waals surface area contributed by atoms with Crippen molar-refractivity contribution in [3.05, 3.63) is 70.3 Å². The Kier molecular flexibility index (Phi) is 4.27. The fourth-order valence-corrected chi connectivity index (χ4v) is 3.18. The molecule has 0 N–H and O–H groups in total. The summed E-state index contributed by atoms with van der Waals surface area (Å²) in [6.45, 7) is 2.58. The smallest absolute Gasteiger partial charge is 0.233 e. The molecule has 2 aromatic carbocycles. The van der Waals surface area contributed by atoms with Crippen molar-refractivity contribution >= 4 is 11.6 Å². The molecule has 0 saturated carbocycles. The highest BCUT2D eigenvalue weighted by Crippen LogP contribution is 2.42. The van der Waals surface area contributed by atoms with Crippen LogP contribution in [0.4, 0.5) is 4.39 Å². The van der Waals surface area contributed by atoms with Crippen LogP contribution in [0.15, 0.2) is 47.0 Å². The number of nitrogens with zero attached hydrogens (tertiary/aromatic N) is 2. The zero-order chi connectivity index (χ0) is 17.4. The molecule has 0 aliphatic carbocycles. The molecular weight excluding hydrogens is 343 g/mol. The molecule has 0 bridgehead atoms. The molecule has 4 rings (SSSR count). The maximum atomic E-state index is 13.8. The molecule has 2 heterocycles. The fraction of sp³-hybridized carbons (Fsp3) is 0.263. The van der Waals surface area contributed by atoms with Gasteiger partial charge in [-0.25, -0.2) is 4.39 Å². The van der Waals surface area contributed by atoms with Crippen molar-refractivity contribution in [2.24, 2.45) is 0 Å². The van der Waals surface area contributed by atoms with E-state index >= 15 is 0 Å². The molecule has 0 spiro atoms. The monoisotopic (exact) mass is 358 g/mol. The molecule has 1 aliphatic rings. The Morgan fingerprint density at radius 3 is 2.72 bits per heavy atom. The van der Waals surface area contributed by atoms with Crippen molar-refractivity contribution in [1.29, 1.82) is 0 Å². The van der Waals surface area contributed by atoms with E-state index in [4.69, 9.17) is 20.9 Å². The van der Waals surface area contributed by atoms with Crippen molar-refractivity contribution < 1.29 is 13.7 Å². The number of rotatable bonds is 3. The number of aromatic nitrogens is 2. The van der Waals surface area contributed by atoms with E-state index in [0.29, 0.717) is 18.3 Å². The van der Waals surface area contributed by atoms with Crippen LogP contribution in [0.2, 0.25) is 5.02 Å². The van der Waals surface area contributed by atoms with Crippen molar-refractivity contribution in [1.82, 2.24) is 10.1 Å². The molecule has 6 heteroatoms. The zero-order valence-electron chi connectivity index (χ0n) is 13.6. The van der Waals surface area contributed by atoms with E-state index in [1.807, 2.05) is 31.2 Å². The average molecular weight is 359 g/mol. The Labute approximate surface area is 149 Å². The minimum absolute atomic E-state index is 0.0951. The second-order valence-corrected chi connectivity index (χ2v) is 6.59. The van der Waals surface area contributed by atoms with Crippen LogP contribution in [0.25, 0.3) is 11.4 Å². The molecule has 3 aromatic rings. The van der Waals surface area contributed by atoms with Gasteiger partial charge in [-0.1, -0.05) is 52.7 Å². The normalized spacial score (nSPS) is 20.1. The van der Waals surface area contributed by atoms with Crippen molar-refractivity contribution in [3.8, 4) is 11.4 Å². The first-order chi connectivity index (χ1) is 12.1. The van der Waals surface area contributed by atoms with Gasteiger partial charge in [0.2, 0.25) is 11.7 Å². The molecule has 1 fully saturated rings. The zero-order valence-corrected chi connectivity index (χ0v) is 14.3. The van der Waals surface area contributed by atoms with Crippen LogP contribution in [0.5, 0.6) is 0 Å². The quantitative estimate of drug-likeness (QED) is 0.654. The molecule has 0 unspecified atom stereocenters. The molecule has 0 amide bonds. The minimum Gasteiger partial charge on any atom is -0.373 e. The molecule has 1 aliphatic heterocycles. The van der Waals surface area contributed by atoms with E-state index in [-0.39, 0.29) is 17.0 Å². The lowest BCUT2D eigenvalue weighted by atomic mass is 9.95. The minimum atomic E-state index is -0.459. The van der Waals surface area contributed by atoms with Gasteiger partial charge in [0.05, 0.1) is 17.0 Å². The van der Waals surface area contributed by atoms with Crippen molar-refractivity contribution in [2.45, 2.75) is 25.4 Å². The highest BCUT2D eigenvalue weighted by molar-refractivity contribution is 6.30. The third-order valence-corrected chi connectivity index (χ3v) is 4.74. The Bertz CT molecular complexity index is 895. The first-order valence-electron chi connectivity index (χ1n) is 8.09. The summed E-state index contributed by atoms with van der Waals surface area (Å²) in [4.78, 5) is 4.53. The van der Waals surface area contributed by atoms with Gasteiger partial charge in [0.15, 0.2) is 0 Å². The van der Waals surface area contributed by atoms with Crippen LogP contribution < -0.4 is 0 Å². The van der Waals surface area contributed by atoms with E-state index in [1.54, 1.807) is 6.07 Å². The summed E-state index contributed by atoms with van der Waals surface area (Å²) < 4.78 is 25.1. The summed E-state index contributed by atoms with van der Waals surface area (Å²) >= 11 is 5.77. The predicted octanol–water partition coefficient (Wildman–Crippen LogP) is 5.08. The van der Waals surface area contributed by atoms with Gasteiger partial charge in [-0.2, -0.15) is 4.98 Å². The maximum Gasteiger partial charge on any atom is 0.233 e. The van der Waals surface area contributed by atoms with Crippen LogP contribution in [0.3, 0.4) is 0 Å². The Morgan fingerprint density at radius 2 is 1.96 bits per heavy atom. The number of benzene rings is 2. The van der Waals surface area contributed by atoms with Gasteiger partial charge in [-0.3, -0.25) is 0 Å². The average Bonchev–Trinajstić information content (AvgIpc) is 3.27. The molecule has 0 radical (unpaired) electrons. The Morgan fingerprint density at radius 1 is 1.16 bits per heavy atom. The molecule has 2 atom stereocenters. The van der Waals surface area contributed by atoms with Crippen LogP contribution in [-0.4, -0.2) is 16.7 Å². The predicted molar refractivity (Wildman–Crippen MR) is 91.9 cm³/mol. The summed E-state index contributed by atoms with van der Waals surface area (Å²) in [5, 5.41) is 4.18. The van der Waals surface area contributed by atoms with E-state index < -0.39 is 5.82 Å². The lowest BCUT2D eigenvalue weighted by Gasteiger charge is -2.16. The van der Waals surface area contributed by atoms with Gasteiger partial charge in [-0.15, -0.1) is 0 Å². The third-order valence-electron chi connectivity index (χ3n) is 4.43. The van der Waals surface area contributed by atoms with E-state index in [9.17, 15) is 4.39 Å². The van der Waals surface area contributed by atoms with Crippen LogP contribution in [-0.2, 0) is 4.74 Å². The largest absolute Gasteiger partial charge is 0.373 e. The number of ether oxygens (including phenoxy) is 1. The number of hydrogen-bond acceptors (Lipinski definition) is 4. The van der Waals surface area contributed by atoms with Gasteiger partial charge < -0.3 is 9.26 Å². The fourth-order valence-electron chi connectivity index (χ4n) is 3.07. The molecule has 1 aromatic heterocycles. The number of aryl methyl sites for hydroxylation is 1. The second-order valence-electron chi connectivity index (χ2n) is 6.18. The number of hydrogen-bond donors (Lipinski definition) is 0. The van der Waals surface area contributed by atoms with Crippen LogP contribution in [0.1, 0.15) is 35.5 Å². The number of halogens is 2. The topological polar surface area (TPSA) is 48.2 Å². The summed E-state index contributed by atoms with van der Waals surface area (Å²) in [7, 11) is 0. The van der Waals surface area contributed by atoms with Gasteiger partial charge >= 0.3 is 0 Å².